The molecule has 0 atom stereocenters. The van der Waals surface area contributed by atoms with Crippen LogP contribution >= 0.6 is 0 Å². The van der Waals surface area contributed by atoms with Gasteiger partial charge in [0.25, 0.3) is 6.71 Å². The minimum absolute atomic E-state index is 0.0431. The molecule has 0 spiro atoms. The van der Waals surface area contributed by atoms with E-state index in [1.54, 1.807) is 0 Å². The zero-order valence-corrected chi connectivity index (χ0v) is 44.2. The third kappa shape index (κ3) is 5.95. The van der Waals surface area contributed by atoms with E-state index < -0.39 is 0 Å². The van der Waals surface area contributed by atoms with Crippen molar-refractivity contribution < 1.29 is 4.42 Å². The molecule has 3 nitrogen and oxygen atoms in total. The van der Waals surface area contributed by atoms with Crippen molar-refractivity contribution in [1.29, 1.82) is 0 Å². The summed E-state index contributed by atoms with van der Waals surface area (Å²) >= 11 is 0. The van der Waals surface area contributed by atoms with Gasteiger partial charge in [0.05, 0.1) is 17.0 Å². The Morgan fingerprint density at radius 3 is 1.80 bits per heavy atom. The first-order chi connectivity index (χ1) is 33.0. The minimum atomic E-state index is -0.250. The number of hydrogen-bond donors (Lipinski definition) is 0. The van der Waals surface area contributed by atoms with Crippen LogP contribution in [0.1, 0.15) is 160 Å². The van der Waals surface area contributed by atoms with E-state index in [0.29, 0.717) is 0 Å². The van der Waals surface area contributed by atoms with Gasteiger partial charge in [-0.25, -0.2) is 0 Å². The molecule has 0 bridgehead atoms. The van der Waals surface area contributed by atoms with Crippen molar-refractivity contribution in [2.75, 3.05) is 9.80 Å². The van der Waals surface area contributed by atoms with Crippen molar-refractivity contribution in [3.8, 4) is 11.1 Å². The third-order valence-electron chi connectivity index (χ3n) is 18.5. The molecule has 8 aromatic rings. The monoisotopic (exact) mass is 917 g/mol. The van der Waals surface area contributed by atoms with E-state index in [1.165, 1.54) is 123 Å². The Morgan fingerprint density at radius 1 is 0.514 bits per heavy atom. The molecule has 0 unspecified atom stereocenters. The van der Waals surface area contributed by atoms with Crippen LogP contribution in [0.5, 0.6) is 0 Å². The minimum Gasteiger partial charge on any atom is -0.468 e. The lowest BCUT2D eigenvalue weighted by Crippen LogP contribution is -2.61. The topological polar surface area (TPSA) is 19.6 Å². The Labute approximate surface area is 417 Å². The van der Waals surface area contributed by atoms with Crippen LogP contribution in [0.15, 0.2) is 120 Å². The number of nitrogens with zero attached hydrogens (tertiary/aromatic N) is 2. The standard InChI is InChI=1S/C66H69BN2O/c1-38-30-54-58-55(31-38)69(53-21-17-20-43-44-32-39-18-15-16-19-40(39)33-47(44)66(13,14)57(43)53)52-25-22-41(61(2,3)4)34-51(52)67(58)60-59(45-36-49-50(37-56(45)70-60)65(11,12)29-28-64(49,9)10)68(54)42-23-24-46-48(35-42)63(7,8)27-26-62(46,5)6/h15-25,30-37H,26-29H2,1-14H3. The molecule has 352 valence electrons. The average molecular weight is 917 g/mol. The zero-order chi connectivity index (χ0) is 49.0. The van der Waals surface area contributed by atoms with E-state index in [1.807, 2.05) is 0 Å². The molecular formula is C66H69BN2O. The van der Waals surface area contributed by atoms with Gasteiger partial charge in [-0.3, -0.25) is 0 Å². The zero-order valence-electron chi connectivity index (χ0n) is 44.2. The fraction of sp³-hybridized carbons (Fsp3) is 0.364. The maximum Gasteiger partial charge on any atom is 0.297 e. The number of benzene rings is 7. The summed E-state index contributed by atoms with van der Waals surface area (Å²) in [6.45, 7) is 33.7. The number of aryl methyl sites for hydroxylation is 1. The van der Waals surface area contributed by atoms with E-state index in [-0.39, 0.29) is 39.2 Å². The fourth-order valence-corrected chi connectivity index (χ4v) is 14.1. The lowest BCUT2D eigenvalue weighted by molar-refractivity contribution is 0.332. The summed E-state index contributed by atoms with van der Waals surface area (Å²) in [6, 6.07) is 45.7. The molecule has 0 radical (unpaired) electrons. The molecule has 4 heteroatoms. The SMILES string of the molecule is Cc1cc2c3c(c1)N(c1ccc4c(c1)C(C)(C)CCC4(C)C)c1c(oc4cc5c(cc14)C(C)(C)CCC5(C)C)B3c1cc(C(C)(C)C)ccc1N2c1cccc2c1C(C)(C)c1cc3ccccc3cc1-2. The first-order valence-electron chi connectivity index (χ1n) is 26.3. The Bertz CT molecular complexity index is 3610. The van der Waals surface area contributed by atoms with Gasteiger partial charge in [-0.05, 0) is 198 Å². The first kappa shape index (κ1) is 44.0. The number of furan rings is 1. The summed E-state index contributed by atoms with van der Waals surface area (Å²) in [6.07, 6.45) is 4.66. The molecular weight excluding hydrogens is 848 g/mol. The number of hydrogen-bond acceptors (Lipinski definition) is 3. The van der Waals surface area contributed by atoms with Crippen molar-refractivity contribution in [2.45, 2.75) is 155 Å². The summed E-state index contributed by atoms with van der Waals surface area (Å²) in [4.78, 5) is 5.30. The molecule has 2 aliphatic heterocycles. The molecule has 70 heavy (non-hydrogen) atoms. The summed E-state index contributed by atoms with van der Waals surface area (Å²) in [5.74, 6) is 0. The van der Waals surface area contributed by atoms with Crippen molar-refractivity contribution in [1.82, 2.24) is 0 Å². The Hall–Kier alpha value is -6.00. The van der Waals surface area contributed by atoms with Gasteiger partial charge in [0.1, 0.15) is 5.58 Å². The van der Waals surface area contributed by atoms with Gasteiger partial charge in [-0.15, -0.1) is 0 Å². The van der Waals surface area contributed by atoms with Crippen LogP contribution in [0.3, 0.4) is 0 Å². The van der Waals surface area contributed by atoms with Gasteiger partial charge in [0, 0.05) is 33.6 Å². The molecule has 0 saturated heterocycles. The Morgan fingerprint density at radius 2 is 1.13 bits per heavy atom. The second-order valence-electron chi connectivity index (χ2n) is 26.4. The molecule has 0 N–H and O–H groups in total. The molecule has 1 aromatic heterocycles. The number of fused-ring (bicyclic) bond motifs is 12. The molecule has 0 amide bonds. The van der Waals surface area contributed by atoms with E-state index in [9.17, 15) is 0 Å². The Kier molecular flexibility index (Phi) is 8.73. The van der Waals surface area contributed by atoms with Crippen LogP contribution in [-0.2, 0) is 32.5 Å². The highest BCUT2D eigenvalue weighted by Crippen LogP contribution is 2.58. The van der Waals surface area contributed by atoms with Crippen LogP contribution in [0.2, 0.25) is 0 Å². The highest BCUT2D eigenvalue weighted by atomic mass is 16.3. The number of rotatable bonds is 2. The lowest BCUT2D eigenvalue weighted by atomic mass is 9.35. The maximum absolute atomic E-state index is 7.69. The molecule has 5 aliphatic rings. The van der Waals surface area contributed by atoms with Crippen LogP contribution in [-0.4, -0.2) is 6.71 Å². The van der Waals surface area contributed by atoms with Gasteiger partial charge in [0.15, 0.2) is 0 Å². The smallest absolute Gasteiger partial charge is 0.297 e. The first-order valence-corrected chi connectivity index (χ1v) is 26.3. The number of anilines is 6. The highest BCUT2D eigenvalue weighted by molar-refractivity contribution is 7.00. The van der Waals surface area contributed by atoms with Gasteiger partial charge in [0.2, 0.25) is 0 Å². The van der Waals surface area contributed by atoms with Crippen molar-refractivity contribution in [3.05, 3.63) is 160 Å². The van der Waals surface area contributed by atoms with E-state index in [2.05, 4.69) is 222 Å². The second-order valence-corrected chi connectivity index (χ2v) is 26.4. The summed E-state index contributed by atoms with van der Waals surface area (Å²) < 4.78 is 7.69. The molecule has 3 heterocycles. The summed E-state index contributed by atoms with van der Waals surface area (Å²) in [5.41, 5.74) is 25.8. The van der Waals surface area contributed by atoms with E-state index in [4.69, 9.17) is 4.42 Å². The van der Waals surface area contributed by atoms with E-state index >= 15 is 0 Å². The quantitative estimate of drug-likeness (QED) is 0.161. The molecule has 0 fully saturated rings. The Balaban J connectivity index is 1.14. The van der Waals surface area contributed by atoms with Crippen LogP contribution in [0, 0.1) is 6.92 Å². The predicted molar refractivity (Wildman–Crippen MR) is 299 cm³/mol. The lowest BCUT2D eigenvalue weighted by Gasteiger charge is -2.45. The third-order valence-corrected chi connectivity index (χ3v) is 18.5. The van der Waals surface area contributed by atoms with E-state index in [0.717, 1.165) is 30.5 Å². The van der Waals surface area contributed by atoms with Gasteiger partial charge >= 0.3 is 0 Å². The van der Waals surface area contributed by atoms with Crippen molar-refractivity contribution in [2.24, 2.45) is 0 Å². The summed E-state index contributed by atoms with van der Waals surface area (Å²) in [7, 11) is 0. The van der Waals surface area contributed by atoms with Crippen molar-refractivity contribution in [3.63, 3.8) is 0 Å². The molecule has 3 aliphatic carbocycles. The van der Waals surface area contributed by atoms with Gasteiger partial charge < -0.3 is 14.2 Å². The summed E-state index contributed by atoms with van der Waals surface area (Å²) in [5, 5.41) is 3.79. The van der Waals surface area contributed by atoms with Crippen molar-refractivity contribution >= 4 is 79.2 Å². The van der Waals surface area contributed by atoms with Crippen LogP contribution < -0.4 is 26.4 Å². The molecule has 13 rings (SSSR count). The van der Waals surface area contributed by atoms with Gasteiger partial charge in [-0.1, -0.05) is 145 Å². The van der Waals surface area contributed by atoms with Crippen LogP contribution in [0.25, 0.3) is 32.9 Å². The molecule has 0 saturated carbocycles. The second kappa shape index (κ2) is 13.9. The largest absolute Gasteiger partial charge is 0.468 e. The fourth-order valence-electron chi connectivity index (χ4n) is 14.1. The normalized spacial score (nSPS) is 19.3. The highest BCUT2D eigenvalue weighted by Gasteiger charge is 2.50. The van der Waals surface area contributed by atoms with Crippen LogP contribution in [0.4, 0.5) is 34.1 Å². The predicted octanol–water partition coefficient (Wildman–Crippen LogP) is 16.3. The van der Waals surface area contributed by atoms with Gasteiger partial charge in [-0.2, -0.15) is 0 Å². The maximum atomic E-state index is 7.69. The average Bonchev–Trinajstić information content (AvgIpc) is 3.78. The molecule has 7 aromatic carbocycles.